The van der Waals surface area contributed by atoms with E-state index in [2.05, 4.69) is 4.72 Å². The second kappa shape index (κ2) is 6.05. The van der Waals surface area contributed by atoms with Gasteiger partial charge in [-0.2, -0.15) is 0 Å². The fourth-order valence-electron chi connectivity index (χ4n) is 1.92. The molecule has 1 aromatic carbocycles. The summed E-state index contributed by atoms with van der Waals surface area (Å²) in [6, 6.07) is 5.13. The Morgan fingerprint density at radius 3 is 2.67 bits per heavy atom. The normalized spacial score (nSPS) is 11.6. The Kier molecular flexibility index (Phi) is 4.55. The number of aryl methyl sites for hydroxylation is 1. The van der Waals surface area contributed by atoms with Crippen molar-refractivity contribution in [2.45, 2.75) is 24.9 Å². The van der Waals surface area contributed by atoms with E-state index in [0.717, 1.165) is 6.07 Å². The fraction of sp³-hybridized carbons (Fsp3) is 0.231. The van der Waals surface area contributed by atoms with Crippen molar-refractivity contribution in [3.63, 3.8) is 0 Å². The molecule has 0 aliphatic heterocycles. The summed E-state index contributed by atoms with van der Waals surface area (Å²) in [7, 11) is -3.90. The molecule has 0 spiro atoms. The molecule has 0 saturated heterocycles. The van der Waals surface area contributed by atoms with E-state index in [9.17, 15) is 12.8 Å². The Bertz CT molecular complexity index is 737. The lowest BCUT2D eigenvalue weighted by Crippen LogP contribution is -2.13. The molecular formula is C13H15ClFN3O2S. The molecule has 2 rings (SSSR count). The van der Waals surface area contributed by atoms with Gasteiger partial charge in [-0.3, -0.25) is 4.72 Å². The maximum absolute atomic E-state index is 13.6. The molecule has 114 valence electrons. The number of sulfonamides is 1. The number of nitrogens with one attached hydrogen (secondary N) is 1. The first-order valence-corrected chi connectivity index (χ1v) is 8.10. The number of hydrogen-bond acceptors (Lipinski definition) is 3. The van der Waals surface area contributed by atoms with Gasteiger partial charge in [-0.1, -0.05) is 11.6 Å². The zero-order chi connectivity index (χ0) is 15.6. The average Bonchev–Trinajstić information content (AvgIpc) is 2.86. The number of nitrogens with two attached hydrogens (primary N) is 1. The smallest absolute Gasteiger partial charge is 0.263 e. The summed E-state index contributed by atoms with van der Waals surface area (Å²) in [5.41, 5.74) is 6.06. The SMILES string of the molecule is CCn1cc(S(=O)(=O)Nc2cc(Cl)ccc2F)cc1CN. The number of anilines is 1. The molecule has 0 amide bonds. The summed E-state index contributed by atoms with van der Waals surface area (Å²) in [5, 5.41) is 0.239. The lowest BCUT2D eigenvalue weighted by Gasteiger charge is -2.07. The number of benzene rings is 1. The third-order valence-corrected chi connectivity index (χ3v) is 4.56. The molecule has 3 N–H and O–H groups in total. The quantitative estimate of drug-likeness (QED) is 0.884. The highest BCUT2D eigenvalue weighted by Crippen LogP contribution is 2.23. The van der Waals surface area contributed by atoms with Crippen LogP contribution in [-0.4, -0.2) is 13.0 Å². The van der Waals surface area contributed by atoms with Crippen LogP contribution in [0, 0.1) is 5.82 Å². The average molecular weight is 332 g/mol. The maximum Gasteiger partial charge on any atom is 0.263 e. The molecular weight excluding hydrogens is 317 g/mol. The lowest BCUT2D eigenvalue weighted by molar-refractivity contribution is 0.598. The first-order valence-electron chi connectivity index (χ1n) is 6.24. The van der Waals surface area contributed by atoms with Crippen LogP contribution in [-0.2, 0) is 23.1 Å². The van der Waals surface area contributed by atoms with Crippen LogP contribution in [0.15, 0.2) is 35.4 Å². The molecule has 2 aromatic rings. The van der Waals surface area contributed by atoms with E-state index in [1.165, 1.54) is 24.4 Å². The molecule has 0 aliphatic carbocycles. The number of aromatic nitrogens is 1. The molecule has 0 bridgehead atoms. The van der Waals surface area contributed by atoms with Crippen molar-refractivity contribution < 1.29 is 12.8 Å². The highest BCUT2D eigenvalue weighted by atomic mass is 35.5. The van der Waals surface area contributed by atoms with Gasteiger partial charge < -0.3 is 10.3 Å². The van der Waals surface area contributed by atoms with Gasteiger partial charge in [0.25, 0.3) is 10.0 Å². The van der Waals surface area contributed by atoms with Crippen LogP contribution in [0.5, 0.6) is 0 Å². The first-order chi connectivity index (χ1) is 9.87. The molecule has 0 aliphatic rings. The summed E-state index contributed by atoms with van der Waals surface area (Å²) < 4.78 is 42.1. The van der Waals surface area contributed by atoms with Crippen LogP contribution in [0.3, 0.4) is 0 Å². The Balaban J connectivity index is 2.38. The molecule has 0 fully saturated rings. The molecule has 1 heterocycles. The van der Waals surface area contributed by atoms with E-state index in [4.69, 9.17) is 17.3 Å². The third-order valence-electron chi connectivity index (χ3n) is 2.99. The topological polar surface area (TPSA) is 77.1 Å². The lowest BCUT2D eigenvalue weighted by atomic mass is 10.3. The largest absolute Gasteiger partial charge is 0.349 e. The van der Waals surface area contributed by atoms with Crippen molar-refractivity contribution in [2.75, 3.05) is 4.72 Å². The molecule has 0 unspecified atom stereocenters. The van der Waals surface area contributed by atoms with Crippen molar-refractivity contribution in [1.29, 1.82) is 0 Å². The van der Waals surface area contributed by atoms with Gasteiger partial charge in [0.2, 0.25) is 0 Å². The van der Waals surface area contributed by atoms with E-state index < -0.39 is 15.8 Å². The number of hydrogen-bond donors (Lipinski definition) is 2. The number of nitrogens with zero attached hydrogens (tertiary/aromatic N) is 1. The van der Waals surface area contributed by atoms with E-state index in [0.29, 0.717) is 12.2 Å². The van der Waals surface area contributed by atoms with Gasteiger partial charge >= 0.3 is 0 Å². The second-order valence-corrected chi connectivity index (χ2v) is 6.51. The van der Waals surface area contributed by atoms with Crippen LogP contribution in [0.1, 0.15) is 12.6 Å². The zero-order valence-corrected chi connectivity index (χ0v) is 12.9. The molecule has 21 heavy (non-hydrogen) atoms. The predicted molar refractivity (Wildman–Crippen MR) is 80.2 cm³/mol. The van der Waals surface area contributed by atoms with E-state index in [1.807, 2.05) is 6.92 Å². The van der Waals surface area contributed by atoms with Crippen LogP contribution in [0.25, 0.3) is 0 Å². The van der Waals surface area contributed by atoms with Crippen molar-refractivity contribution in [1.82, 2.24) is 4.57 Å². The Labute approximate surface area is 127 Å². The fourth-order valence-corrected chi connectivity index (χ4v) is 3.21. The summed E-state index contributed by atoms with van der Waals surface area (Å²) >= 11 is 5.74. The Hall–Kier alpha value is -1.57. The number of halogens is 2. The summed E-state index contributed by atoms with van der Waals surface area (Å²) in [6.07, 6.45) is 1.47. The highest BCUT2D eigenvalue weighted by Gasteiger charge is 2.19. The molecule has 0 atom stereocenters. The summed E-state index contributed by atoms with van der Waals surface area (Å²) in [6.45, 7) is 2.68. The van der Waals surface area contributed by atoms with Crippen molar-refractivity contribution >= 4 is 27.3 Å². The molecule has 0 saturated carbocycles. The Morgan fingerprint density at radius 1 is 1.38 bits per heavy atom. The van der Waals surface area contributed by atoms with Crippen molar-refractivity contribution in [2.24, 2.45) is 5.73 Å². The van der Waals surface area contributed by atoms with E-state index >= 15 is 0 Å². The number of rotatable bonds is 5. The van der Waals surface area contributed by atoms with Crippen LogP contribution >= 0.6 is 11.6 Å². The standard InChI is InChI=1S/C13H15ClFN3O2S/c1-2-18-8-11(6-10(18)7-16)21(19,20)17-13-5-9(14)3-4-12(13)15/h3-6,8,17H,2,7,16H2,1H3. The molecule has 1 aromatic heterocycles. The van der Waals surface area contributed by atoms with Gasteiger partial charge in [0.15, 0.2) is 0 Å². The predicted octanol–water partition coefficient (Wildman–Crippen LogP) is 2.56. The van der Waals surface area contributed by atoms with Gasteiger partial charge in [0.05, 0.1) is 5.69 Å². The van der Waals surface area contributed by atoms with Crippen molar-refractivity contribution in [3.05, 3.63) is 47.0 Å². The van der Waals surface area contributed by atoms with Crippen LogP contribution < -0.4 is 10.5 Å². The molecule has 0 radical (unpaired) electrons. The third kappa shape index (κ3) is 3.37. The minimum Gasteiger partial charge on any atom is -0.349 e. The van der Waals surface area contributed by atoms with Gasteiger partial charge in [-0.15, -0.1) is 0 Å². The minimum absolute atomic E-state index is 0.0316. The van der Waals surface area contributed by atoms with Gasteiger partial charge in [0, 0.05) is 30.0 Å². The first kappa shape index (κ1) is 15.8. The molecule has 8 heteroatoms. The van der Waals surface area contributed by atoms with Crippen molar-refractivity contribution in [3.8, 4) is 0 Å². The van der Waals surface area contributed by atoms with Crippen LogP contribution in [0.2, 0.25) is 5.02 Å². The van der Waals surface area contributed by atoms with E-state index in [-0.39, 0.29) is 22.2 Å². The van der Waals surface area contributed by atoms with Gasteiger partial charge in [-0.05, 0) is 31.2 Å². The van der Waals surface area contributed by atoms with Gasteiger partial charge in [0.1, 0.15) is 10.7 Å². The minimum atomic E-state index is -3.90. The zero-order valence-electron chi connectivity index (χ0n) is 11.3. The summed E-state index contributed by atoms with van der Waals surface area (Å²) in [5.74, 6) is -0.697. The Morgan fingerprint density at radius 2 is 2.10 bits per heavy atom. The van der Waals surface area contributed by atoms with E-state index in [1.54, 1.807) is 4.57 Å². The summed E-state index contributed by atoms with van der Waals surface area (Å²) in [4.78, 5) is 0.0316. The highest BCUT2D eigenvalue weighted by molar-refractivity contribution is 7.92. The second-order valence-electron chi connectivity index (χ2n) is 4.39. The van der Waals surface area contributed by atoms with Crippen LogP contribution in [0.4, 0.5) is 10.1 Å². The molecule has 5 nitrogen and oxygen atoms in total. The monoisotopic (exact) mass is 331 g/mol. The van der Waals surface area contributed by atoms with Gasteiger partial charge in [-0.25, -0.2) is 12.8 Å². The maximum atomic E-state index is 13.6.